The van der Waals surface area contributed by atoms with Crippen LogP contribution in [0.5, 0.6) is 0 Å². The summed E-state index contributed by atoms with van der Waals surface area (Å²) < 4.78 is 8.01. The van der Waals surface area contributed by atoms with Crippen molar-refractivity contribution in [3.05, 3.63) is 115 Å². The Morgan fingerprint density at radius 2 is 1.49 bits per heavy atom. The highest BCUT2D eigenvalue weighted by molar-refractivity contribution is 5.85. The summed E-state index contributed by atoms with van der Waals surface area (Å²) in [5.74, 6) is 0.269. The van der Waals surface area contributed by atoms with Gasteiger partial charge >= 0.3 is 0 Å². The standard InChI is InChI=1S/C31H31N5O2.CH4/c1-31(2,32)30(37)33-27(21-38-20-22-12-6-3-7-13-22)29-35-34-28-26(24-16-10-5-11-17-24)18-25(19-36(28)29)23-14-8-4-9-15-23;/h3-19,27H,20-21,32H2,1-2H3,(H,33,37);1H4/t27-;/m1./s1. The van der Waals surface area contributed by atoms with Crippen molar-refractivity contribution in [2.24, 2.45) is 5.73 Å². The number of aromatic nitrogens is 3. The number of rotatable bonds is 9. The van der Waals surface area contributed by atoms with Gasteiger partial charge in [0.15, 0.2) is 11.5 Å². The Hall–Kier alpha value is -4.33. The maximum atomic E-state index is 13.0. The van der Waals surface area contributed by atoms with Crippen molar-refractivity contribution < 1.29 is 9.53 Å². The SMILES string of the molecule is C.CC(C)(N)C(=O)N[C@H](COCc1ccccc1)c1nnc2c(-c3ccccc3)cc(-c3ccccc3)cn12. The third-order valence-corrected chi connectivity index (χ3v) is 6.32. The van der Waals surface area contributed by atoms with E-state index in [4.69, 9.17) is 10.5 Å². The molecule has 0 bridgehead atoms. The smallest absolute Gasteiger partial charge is 0.240 e. The lowest BCUT2D eigenvalue weighted by Gasteiger charge is -2.23. The van der Waals surface area contributed by atoms with Crippen LogP contribution in [0.1, 0.15) is 38.7 Å². The Balaban J connectivity index is 0.00000353. The fraction of sp³-hybridized carbons (Fsp3) is 0.219. The molecule has 1 atom stereocenters. The number of carbonyl (C=O) groups is 1. The maximum Gasteiger partial charge on any atom is 0.240 e. The van der Waals surface area contributed by atoms with Gasteiger partial charge in [-0.25, -0.2) is 0 Å². The van der Waals surface area contributed by atoms with Crippen LogP contribution in [-0.2, 0) is 16.1 Å². The molecule has 39 heavy (non-hydrogen) atoms. The Morgan fingerprint density at radius 1 is 0.897 bits per heavy atom. The highest BCUT2D eigenvalue weighted by Gasteiger charge is 2.28. The number of nitrogens with zero attached hydrogens (tertiary/aromatic N) is 3. The number of nitrogens with one attached hydrogen (secondary N) is 1. The number of carbonyl (C=O) groups excluding carboxylic acids is 1. The van der Waals surface area contributed by atoms with Crippen molar-refractivity contribution in [3.8, 4) is 22.3 Å². The average molecular weight is 522 g/mol. The lowest BCUT2D eigenvalue weighted by molar-refractivity contribution is -0.126. The maximum absolute atomic E-state index is 13.0. The summed E-state index contributed by atoms with van der Waals surface area (Å²) >= 11 is 0. The second-order valence-electron chi connectivity index (χ2n) is 9.87. The van der Waals surface area contributed by atoms with E-state index in [1.54, 1.807) is 13.8 Å². The fourth-order valence-corrected chi connectivity index (χ4v) is 4.26. The first-order chi connectivity index (χ1) is 18.4. The van der Waals surface area contributed by atoms with Crippen LogP contribution in [0.15, 0.2) is 103 Å². The fourth-order valence-electron chi connectivity index (χ4n) is 4.26. The summed E-state index contributed by atoms with van der Waals surface area (Å²) in [6.07, 6.45) is 2.01. The molecule has 0 aliphatic carbocycles. The molecule has 1 amide bonds. The van der Waals surface area contributed by atoms with Crippen LogP contribution in [0.2, 0.25) is 0 Å². The van der Waals surface area contributed by atoms with Gasteiger partial charge in [-0.05, 0) is 42.2 Å². The Bertz CT molecular complexity index is 1510. The number of hydrogen-bond donors (Lipinski definition) is 2. The second-order valence-corrected chi connectivity index (χ2v) is 9.87. The molecule has 0 radical (unpaired) electrons. The van der Waals surface area contributed by atoms with E-state index in [9.17, 15) is 4.79 Å². The largest absolute Gasteiger partial charge is 0.374 e. The normalized spacial score (nSPS) is 12.1. The molecule has 3 aromatic carbocycles. The quantitative estimate of drug-likeness (QED) is 0.255. The molecule has 0 aliphatic rings. The van der Waals surface area contributed by atoms with Crippen LogP contribution in [0, 0.1) is 0 Å². The molecule has 7 heteroatoms. The van der Waals surface area contributed by atoms with Crippen LogP contribution in [-0.4, -0.2) is 32.7 Å². The van der Waals surface area contributed by atoms with E-state index in [2.05, 4.69) is 45.8 Å². The van der Waals surface area contributed by atoms with Gasteiger partial charge in [-0.3, -0.25) is 9.20 Å². The molecule has 0 aliphatic heterocycles. The first-order valence-electron chi connectivity index (χ1n) is 12.6. The average Bonchev–Trinajstić information content (AvgIpc) is 3.37. The van der Waals surface area contributed by atoms with Crippen LogP contribution in [0.3, 0.4) is 0 Å². The summed E-state index contributed by atoms with van der Waals surface area (Å²) in [7, 11) is 0. The van der Waals surface area contributed by atoms with Gasteiger partial charge in [-0.15, -0.1) is 10.2 Å². The first kappa shape index (κ1) is 27.7. The molecular weight excluding hydrogens is 486 g/mol. The number of hydrogen-bond acceptors (Lipinski definition) is 5. The minimum atomic E-state index is -1.07. The molecule has 5 aromatic rings. The van der Waals surface area contributed by atoms with Gasteiger partial charge in [0, 0.05) is 11.8 Å². The van der Waals surface area contributed by atoms with Gasteiger partial charge in [0.05, 0.1) is 18.8 Å². The number of pyridine rings is 1. The molecule has 0 spiro atoms. The van der Waals surface area contributed by atoms with Crippen LogP contribution >= 0.6 is 0 Å². The van der Waals surface area contributed by atoms with E-state index in [1.165, 1.54) is 0 Å². The topological polar surface area (TPSA) is 94.5 Å². The summed E-state index contributed by atoms with van der Waals surface area (Å²) in [5, 5.41) is 12.2. The summed E-state index contributed by atoms with van der Waals surface area (Å²) in [6.45, 7) is 3.95. The van der Waals surface area contributed by atoms with E-state index in [0.717, 1.165) is 27.8 Å². The van der Waals surface area contributed by atoms with Crippen LogP contribution < -0.4 is 11.1 Å². The molecule has 200 valence electrons. The van der Waals surface area contributed by atoms with Crippen molar-refractivity contribution in [1.29, 1.82) is 0 Å². The van der Waals surface area contributed by atoms with Crippen molar-refractivity contribution in [2.45, 2.75) is 39.5 Å². The van der Waals surface area contributed by atoms with Gasteiger partial charge in [0.25, 0.3) is 0 Å². The Kier molecular flexibility index (Phi) is 8.54. The lowest BCUT2D eigenvalue weighted by atomic mass is 10.0. The summed E-state index contributed by atoms with van der Waals surface area (Å²) in [6, 6.07) is 31.7. The minimum absolute atomic E-state index is 0. The zero-order chi connectivity index (χ0) is 26.5. The molecule has 3 N–H and O–H groups in total. The Labute approximate surface area is 229 Å². The van der Waals surface area contributed by atoms with E-state index in [0.29, 0.717) is 18.1 Å². The molecule has 2 heterocycles. The van der Waals surface area contributed by atoms with E-state index in [-0.39, 0.29) is 19.9 Å². The summed E-state index contributed by atoms with van der Waals surface area (Å²) in [5.41, 5.74) is 10.8. The third kappa shape index (κ3) is 6.39. The molecule has 7 nitrogen and oxygen atoms in total. The number of ether oxygens (including phenoxy) is 1. The summed E-state index contributed by atoms with van der Waals surface area (Å²) in [4.78, 5) is 13.0. The molecule has 0 fully saturated rings. The Morgan fingerprint density at radius 3 is 2.10 bits per heavy atom. The van der Waals surface area contributed by atoms with Crippen molar-refractivity contribution in [1.82, 2.24) is 19.9 Å². The first-order valence-corrected chi connectivity index (χ1v) is 12.6. The van der Waals surface area contributed by atoms with Crippen LogP contribution in [0.4, 0.5) is 0 Å². The zero-order valence-electron chi connectivity index (χ0n) is 21.5. The number of nitrogens with two attached hydrogens (primary N) is 1. The molecule has 2 aromatic heterocycles. The number of amides is 1. The van der Waals surface area contributed by atoms with Gasteiger partial charge in [-0.2, -0.15) is 0 Å². The third-order valence-electron chi connectivity index (χ3n) is 6.32. The predicted molar refractivity (Wildman–Crippen MR) is 156 cm³/mol. The highest BCUT2D eigenvalue weighted by Crippen LogP contribution is 2.31. The highest BCUT2D eigenvalue weighted by atomic mass is 16.5. The molecular formula is C32H35N5O2. The van der Waals surface area contributed by atoms with Gasteiger partial charge in [0.1, 0.15) is 6.04 Å². The van der Waals surface area contributed by atoms with Crippen LogP contribution in [0.25, 0.3) is 27.9 Å². The van der Waals surface area contributed by atoms with Gasteiger partial charge in [0.2, 0.25) is 5.91 Å². The lowest BCUT2D eigenvalue weighted by Crippen LogP contribution is -2.50. The monoisotopic (exact) mass is 521 g/mol. The minimum Gasteiger partial charge on any atom is -0.374 e. The molecule has 5 rings (SSSR count). The zero-order valence-corrected chi connectivity index (χ0v) is 21.5. The van der Waals surface area contributed by atoms with E-state index >= 15 is 0 Å². The second kappa shape index (κ2) is 12.0. The number of benzene rings is 3. The molecule has 0 saturated heterocycles. The van der Waals surface area contributed by atoms with Gasteiger partial charge < -0.3 is 15.8 Å². The van der Waals surface area contributed by atoms with E-state index in [1.807, 2.05) is 77.3 Å². The predicted octanol–water partition coefficient (Wildman–Crippen LogP) is 5.81. The van der Waals surface area contributed by atoms with Crippen molar-refractivity contribution in [2.75, 3.05) is 6.61 Å². The molecule has 0 saturated carbocycles. The van der Waals surface area contributed by atoms with Crippen molar-refractivity contribution >= 4 is 11.6 Å². The van der Waals surface area contributed by atoms with Crippen molar-refractivity contribution in [3.63, 3.8) is 0 Å². The molecule has 0 unspecified atom stereocenters. The number of fused-ring (bicyclic) bond motifs is 1. The van der Waals surface area contributed by atoms with E-state index < -0.39 is 11.6 Å². The van der Waals surface area contributed by atoms with Gasteiger partial charge in [-0.1, -0.05) is 98.4 Å².